The maximum absolute atomic E-state index is 12.0. The molecule has 0 aliphatic carbocycles. The van der Waals surface area contributed by atoms with Crippen LogP contribution in [0.4, 0.5) is 5.69 Å². The smallest absolute Gasteiger partial charge is 0.256 e. The van der Waals surface area contributed by atoms with Crippen molar-refractivity contribution in [2.45, 2.75) is 6.92 Å². The summed E-state index contributed by atoms with van der Waals surface area (Å²) >= 11 is 9.54. The van der Waals surface area contributed by atoms with Gasteiger partial charge in [0, 0.05) is 14.0 Å². The molecule has 17 heavy (non-hydrogen) atoms. The van der Waals surface area contributed by atoms with E-state index >= 15 is 0 Å². The van der Waals surface area contributed by atoms with Crippen LogP contribution in [0, 0.1) is 10.5 Å². The zero-order valence-electron chi connectivity index (χ0n) is 8.96. The first kappa shape index (κ1) is 12.9. The second kappa shape index (κ2) is 5.37. The van der Waals surface area contributed by atoms with Crippen LogP contribution in [0.3, 0.4) is 0 Å². The number of anilines is 1. The molecule has 0 saturated carbocycles. The minimum Gasteiger partial charge on any atom is -0.321 e. The molecule has 2 nitrogen and oxygen atoms in total. The predicted molar refractivity (Wildman–Crippen MR) is 81.2 cm³/mol. The van der Waals surface area contributed by atoms with Crippen molar-refractivity contribution in [1.82, 2.24) is 0 Å². The Balaban J connectivity index is 2.22. The first-order chi connectivity index (χ1) is 8.08. The number of rotatable bonds is 2. The Morgan fingerprint density at radius 3 is 2.76 bits per heavy atom. The lowest BCUT2D eigenvalue weighted by molar-refractivity contribution is 0.102. The Morgan fingerprint density at radius 2 is 2.18 bits per heavy atom. The first-order valence-corrected chi connectivity index (χ1v) is 7.27. The van der Waals surface area contributed by atoms with Crippen LogP contribution >= 0.6 is 45.5 Å². The molecule has 88 valence electrons. The third-order valence-electron chi connectivity index (χ3n) is 2.28. The number of hydrogen-bond acceptors (Lipinski definition) is 2. The van der Waals surface area contributed by atoms with Crippen molar-refractivity contribution in [2.75, 3.05) is 5.32 Å². The molecular weight excluding hydrogens is 369 g/mol. The summed E-state index contributed by atoms with van der Waals surface area (Å²) in [5.41, 5.74) is 2.50. The van der Waals surface area contributed by atoms with E-state index in [0.29, 0.717) is 5.02 Å². The molecule has 0 atom stereocenters. The van der Waals surface area contributed by atoms with Gasteiger partial charge >= 0.3 is 0 Å². The standard InChI is InChI=1S/C12H9ClINOS/c1-7-5-17-6-9(7)12(16)15-11-3-2-8(13)4-10(11)14/h2-6H,1H3,(H,15,16). The number of carbonyl (C=O) groups is 1. The summed E-state index contributed by atoms with van der Waals surface area (Å²) in [7, 11) is 0. The van der Waals surface area contributed by atoms with Gasteiger partial charge in [0.05, 0.1) is 11.3 Å². The van der Waals surface area contributed by atoms with E-state index in [2.05, 4.69) is 27.9 Å². The van der Waals surface area contributed by atoms with Crippen molar-refractivity contribution in [1.29, 1.82) is 0 Å². The van der Waals surface area contributed by atoms with Crippen molar-refractivity contribution in [2.24, 2.45) is 0 Å². The highest BCUT2D eigenvalue weighted by atomic mass is 127. The molecule has 2 rings (SSSR count). The lowest BCUT2D eigenvalue weighted by atomic mass is 10.2. The monoisotopic (exact) mass is 377 g/mol. The van der Waals surface area contributed by atoms with Gasteiger partial charge in [0.25, 0.3) is 5.91 Å². The van der Waals surface area contributed by atoms with Crippen molar-refractivity contribution in [3.8, 4) is 0 Å². The SMILES string of the molecule is Cc1cscc1C(=O)Nc1ccc(Cl)cc1I. The van der Waals surface area contributed by atoms with E-state index in [-0.39, 0.29) is 5.91 Å². The molecule has 1 N–H and O–H groups in total. The van der Waals surface area contributed by atoms with Crippen LogP contribution < -0.4 is 5.32 Å². The van der Waals surface area contributed by atoms with Gasteiger partial charge in [-0.25, -0.2) is 0 Å². The summed E-state index contributed by atoms with van der Waals surface area (Å²) in [6.07, 6.45) is 0. The number of amides is 1. The van der Waals surface area contributed by atoms with E-state index in [1.54, 1.807) is 6.07 Å². The largest absolute Gasteiger partial charge is 0.321 e. The van der Waals surface area contributed by atoms with Crippen molar-refractivity contribution in [3.05, 3.63) is 48.7 Å². The number of aryl methyl sites for hydroxylation is 1. The molecular formula is C12H9ClINOS. The van der Waals surface area contributed by atoms with E-state index in [1.807, 2.05) is 29.8 Å². The molecule has 2 aromatic rings. The van der Waals surface area contributed by atoms with Gasteiger partial charge in [0.2, 0.25) is 0 Å². The van der Waals surface area contributed by atoms with Gasteiger partial charge < -0.3 is 5.32 Å². The fourth-order valence-electron chi connectivity index (χ4n) is 1.37. The van der Waals surface area contributed by atoms with Crippen LogP contribution in [0.25, 0.3) is 0 Å². The number of carbonyl (C=O) groups excluding carboxylic acids is 1. The third kappa shape index (κ3) is 3.00. The number of halogens is 2. The maximum atomic E-state index is 12.0. The molecule has 0 fully saturated rings. The summed E-state index contributed by atoms with van der Waals surface area (Å²) in [5, 5.41) is 7.36. The van der Waals surface area contributed by atoms with Crippen LogP contribution in [0.2, 0.25) is 5.02 Å². The average molecular weight is 378 g/mol. The Morgan fingerprint density at radius 1 is 1.41 bits per heavy atom. The zero-order valence-corrected chi connectivity index (χ0v) is 12.7. The van der Waals surface area contributed by atoms with Gasteiger partial charge in [-0.2, -0.15) is 11.3 Å². The van der Waals surface area contributed by atoms with E-state index in [9.17, 15) is 4.79 Å². The molecule has 0 radical (unpaired) electrons. The fraction of sp³-hybridized carbons (Fsp3) is 0.0833. The number of thiophene rings is 1. The summed E-state index contributed by atoms with van der Waals surface area (Å²) in [4.78, 5) is 12.0. The van der Waals surface area contributed by atoms with Crippen LogP contribution in [-0.4, -0.2) is 5.91 Å². The number of benzene rings is 1. The van der Waals surface area contributed by atoms with Crippen LogP contribution in [0.15, 0.2) is 29.0 Å². The Kier molecular flexibility index (Phi) is 4.06. The molecule has 1 aromatic heterocycles. The van der Waals surface area contributed by atoms with Crippen molar-refractivity contribution in [3.63, 3.8) is 0 Å². The van der Waals surface area contributed by atoms with E-state index < -0.39 is 0 Å². The van der Waals surface area contributed by atoms with E-state index in [4.69, 9.17) is 11.6 Å². The number of nitrogens with one attached hydrogen (secondary N) is 1. The Bertz CT molecular complexity index is 567. The molecule has 1 heterocycles. The lowest BCUT2D eigenvalue weighted by Crippen LogP contribution is -2.12. The van der Waals surface area contributed by atoms with E-state index in [0.717, 1.165) is 20.4 Å². The molecule has 0 aliphatic heterocycles. The molecule has 0 unspecified atom stereocenters. The minimum absolute atomic E-state index is 0.0796. The van der Waals surface area contributed by atoms with Gasteiger partial charge in [0.15, 0.2) is 0 Å². The van der Waals surface area contributed by atoms with Gasteiger partial charge in [-0.15, -0.1) is 0 Å². The average Bonchev–Trinajstić information content (AvgIpc) is 2.68. The highest BCUT2D eigenvalue weighted by Gasteiger charge is 2.11. The minimum atomic E-state index is -0.0796. The molecule has 0 aliphatic rings. The Hall–Kier alpha value is -0.590. The van der Waals surface area contributed by atoms with Crippen LogP contribution in [0.5, 0.6) is 0 Å². The summed E-state index contributed by atoms with van der Waals surface area (Å²) in [6, 6.07) is 5.39. The molecule has 0 saturated heterocycles. The van der Waals surface area contributed by atoms with Gasteiger partial charge in [0.1, 0.15) is 0 Å². The van der Waals surface area contributed by atoms with Crippen molar-refractivity contribution >= 4 is 57.1 Å². The highest BCUT2D eigenvalue weighted by Crippen LogP contribution is 2.23. The molecule has 5 heteroatoms. The lowest BCUT2D eigenvalue weighted by Gasteiger charge is -2.07. The van der Waals surface area contributed by atoms with Gasteiger partial charge in [-0.05, 0) is 58.7 Å². The highest BCUT2D eigenvalue weighted by molar-refractivity contribution is 14.1. The normalized spacial score (nSPS) is 10.3. The number of hydrogen-bond donors (Lipinski definition) is 1. The third-order valence-corrected chi connectivity index (χ3v) is 4.27. The van der Waals surface area contributed by atoms with Crippen LogP contribution in [-0.2, 0) is 0 Å². The first-order valence-electron chi connectivity index (χ1n) is 4.87. The second-order valence-corrected chi connectivity index (χ2v) is 5.89. The van der Waals surface area contributed by atoms with Crippen molar-refractivity contribution < 1.29 is 4.79 Å². The fourth-order valence-corrected chi connectivity index (χ4v) is 3.21. The van der Waals surface area contributed by atoms with E-state index in [1.165, 1.54) is 11.3 Å². The summed E-state index contributed by atoms with van der Waals surface area (Å²) < 4.78 is 0.927. The molecule has 1 amide bonds. The predicted octanol–water partition coefficient (Wildman–Crippen LogP) is 4.57. The van der Waals surface area contributed by atoms with Gasteiger partial charge in [-0.1, -0.05) is 11.6 Å². The molecule has 0 bridgehead atoms. The quantitative estimate of drug-likeness (QED) is 0.763. The molecule has 0 spiro atoms. The zero-order chi connectivity index (χ0) is 12.4. The maximum Gasteiger partial charge on any atom is 0.256 e. The summed E-state index contributed by atoms with van der Waals surface area (Å²) in [6.45, 7) is 1.93. The van der Waals surface area contributed by atoms with Crippen LogP contribution in [0.1, 0.15) is 15.9 Å². The topological polar surface area (TPSA) is 29.1 Å². The summed E-state index contributed by atoms with van der Waals surface area (Å²) in [5.74, 6) is -0.0796. The van der Waals surface area contributed by atoms with Gasteiger partial charge in [-0.3, -0.25) is 4.79 Å². The Labute approximate surface area is 122 Å². The second-order valence-electron chi connectivity index (χ2n) is 3.55. The molecule has 1 aromatic carbocycles.